The van der Waals surface area contributed by atoms with Crippen molar-refractivity contribution in [2.24, 2.45) is 0 Å². The molecule has 29 heavy (non-hydrogen) atoms. The molecule has 0 atom stereocenters. The highest BCUT2D eigenvalue weighted by atomic mass is 35.5. The molecule has 3 aromatic carbocycles. The Hall–Kier alpha value is -2.72. The lowest BCUT2D eigenvalue weighted by Crippen LogP contribution is -2.48. The summed E-state index contributed by atoms with van der Waals surface area (Å²) in [6.45, 7) is 3.70. The number of hydrogen-bond donors (Lipinski definition) is 0. The fourth-order valence-corrected chi connectivity index (χ4v) is 3.96. The van der Waals surface area contributed by atoms with Gasteiger partial charge in [0, 0.05) is 48.7 Å². The van der Waals surface area contributed by atoms with E-state index in [1.807, 2.05) is 47.4 Å². The van der Waals surface area contributed by atoms with Crippen LogP contribution in [0.15, 0.2) is 66.7 Å². The van der Waals surface area contributed by atoms with Crippen LogP contribution in [0.1, 0.15) is 12.8 Å². The van der Waals surface area contributed by atoms with Gasteiger partial charge in [0.05, 0.1) is 6.61 Å². The van der Waals surface area contributed by atoms with Crippen LogP contribution in [0.5, 0.6) is 5.75 Å². The number of benzene rings is 3. The Morgan fingerprint density at radius 3 is 2.52 bits per heavy atom. The Morgan fingerprint density at radius 1 is 0.931 bits per heavy atom. The Morgan fingerprint density at radius 2 is 1.69 bits per heavy atom. The zero-order valence-electron chi connectivity index (χ0n) is 16.4. The maximum Gasteiger partial charge on any atom is 0.222 e. The lowest BCUT2D eigenvalue weighted by atomic mass is 10.1. The van der Waals surface area contributed by atoms with Crippen LogP contribution >= 0.6 is 11.6 Å². The van der Waals surface area contributed by atoms with E-state index in [0.29, 0.717) is 13.0 Å². The van der Waals surface area contributed by atoms with Crippen molar-refractivity contribution in [3.63, 3.8) is 0 Å². The second-order valence-corrected chi connectivity index (χ2v) is 7.71. The van der Waals surface area contributed by atoms with E-state index in [2.05, 4.69) is 29.2 Å². The van der Waals surface area contributed by atoms with Gasteiger partial charge in [0.2, 0.25) is 5.91 Å². The number of anilines is 1. The van der Waals surface area contributed by atoms with E-state index >= 15 is 0 Å². The fourth-order valence-electron chi connectivity index (χ4n) is 3.77. The van der Waals surface area contributed by atoms with Gasteiger partial charge in [-0.3, -0.25) is 4.79 Å². The molecule has 4 rings (SSSR count). The molecule has 1 aliphatic heterocycles. The molecule has 0 saturated carbocycles. The number of piperazine rings is 1. The van der Waals surface area contributed by atoms with E-state index in [1.165, 1.54) is 5.39 Å². The van der Waals surface area contributed by atoms with Crippen molar-refractivity contribution >= 4 is 34.0 Å². The van der Waals surface area contributed by atoms with Gasteiger partial charge in [-0.15, -0.1) is 0 Å². The minimum Gasteiger partial charge on any atom is -0.493 e. The smallest absolute Gasteiger partial charge is 0.222 e. The van der Waals surface area contributed by atoms with Crippen LogP contribution in [0, 0.1) is 0 Å². The number of halogens is 1. The zero-order chi connectivity index (χ0) is 20.1. The van der Waals surface area contributed by atoms with E-state index in [-0.39, 0.29) is 5.91 Å². The quantitative estimate of drug-likeness (QED) is 0.538. The van der Waals surface area contributed by atoms with Crippen molar-refractivity contribution in [1.29, 1.82) is 0 Å². The van der Waals surface area contributed by atoms with Crippen molar-refractivity contribution in [1.82, 2.24) is 4.90 Å². The van der Waals surface area contributed by atoms with Gasteiger partial charge in [-0.25, -0.2) is 0 Å². The standard InChI is InChI=1S/C24H25ClN2O2/c25-20-8-4-9-21(18-20)26-13-15-27(16-14-26)24(28)12-5-17-29-23-11-3-7-19-6-1-2-10-22(19)23/h1-4,6-11,18H,5,12-17H2. The van der Waals surface area contributed by atoms with Crippen molar-refractivity contribution < 1.29 is 9.53 Å². The zero-order valence-corrected chi connectivity index (χ0v) is 17.1. The third-order valence-corrected chi connectivity index (χ3v) is 5.58. The van der Waals surface area contributed by atoms with Gasteiger partial charge >= 0.3 is 0 Å². The summed E-state index contributed by atoms with van der Waals surface area (Å²) < 4.78 is 5.95. The first kappa shape index (κ1) is 19.6. The van der Waals surface area contributed by atoms with E-state index < -0.39 is 0 Å². The molecule has 1 aliphatic rings. The number of hydrogen-bond acceptors (Lipinski definition) is 3. The highest BCUT2D eigenvalue weighted by molar-refractivity contribution is 6.30. The molecule has 5 heteroatoms. The number of ether oxygens (including phenoxy) is 1. The molecule has 1 amide bonds. The maximum atomic E-state index is 12.5. The van der Waals surface area contributed by atoms with Gasteiger partial charge in [0.25, 0.3) is 0 Å². The molecule has 1 heterocycles. The summed E-state index contributed by atoms with van der Waals surface area (Å²) in [6, 6.07) is 22.1. The number of carbonyl (C=O) groups excluding carboxylic acids is 1. The summed E-state index contributed by atoms with van der Waals surface area (Å²) in [6.07, 6.45) is 1.23. The first-order valence-corrected chi connectivity index (χ1v) is 10.5. The first-order chi connectivity index (χ1) is 14.2. The largest absolute Gasteiger partial charge is 0.493 e. The topological polar surface area (TPSA) is 32.8 Å². The highest BCUT2D eigenvalue weighted by Crippen LogP contribution is 2.25. The normalized spacial score (nSPS) is 14.2. The average Bonchev–Trinajstić information content (AvgIpc) is 2.77. The van der Waals surface area contributed by atoms with Gasteiger partial charge in [-0.1, -0.05) is 54.1 Å². The highest BCUT2D eigenvalue weighted by Gasteiger charge is 2.21. The minimum absolute atomic E-state index is 0.206. The molecule has 1 fully saturated rings. The second-order valence-electron chi connectivity index (χ2n) is 7.28. The van der Waals surface area contributed by atoms with Crippen LogP contribution in [-0.2, 0) is 4.79 Å². The van der Waals surface area contributed by atoms with Gasteiger partial charge in [0.15, 0.2) is 0 Å². The van der Waals surface area contributed by atoms with Crippen LogP contribution in [0.2, 0.25) is 5.02 Å². The Kier molecular flexibility index (Phi) is 6.20. The molecule has 150 valence electrons. The van der Waals surface area contributed by atoms with E-state index in [9.17, 15) is 4.79 Å². The molecule has 3 aromatic rings. The number of fused-ring (bicyclic) bond motifs is 1. The molecule has 0 unspecified atom stereocenters. The van der Waals surface area contributed by atoms with Crippen molar-refractivity contribution in [2.45, 2.75) is 12.8 Å². The van der Waals surface area contributed by atoms with Crippen LogP contribution in [-0.4, -0.2) is 43.6 Å². The Bertz CT molecular complexity index is 978. The predicted molar refractivity (Wildman–Crippen MR) is 119 cm³/mol. The molecule has 0 radical (unpaired) electrons. The van der Waals surface area contributed by atoms with Crippen LogP contribution in [0.3, 0.4) is 0 Å². The Balaban J connectivity index is 1.22. The average molecular weight is 409 g/mol. The SMILES string of the molecule is O=C(CCCOc1cccc2ccccc12)N1CCN(c2cccc(Cl)c2)CC1. The lowest BCUT2D eigenvalue weighted by Gasteiger charge is -2.36. The molecule has 0 aliphatic carbocycles. The van der Waals surface area contributed by atoms with Crippen molar-refractivity contribution in [2.75, 3.05) is 37.7 Å². The third-order valence-electron chi connectivity index (χ3n) is 5.35. The molecule has 1 saturated heterocycles. The van der Waals surface area contributed by atoms with E-state index in [0.717, 1.165) is 54.4 Å². The Labute approximate surface area is 176 Å². The molecule has 0 aromatic heterocycles. The summed E-state index contributed by atoms with van der Waals surface area (Å²) in [4.78, 5) is 16.8. The fraction of sp³-hybridized carbons (Fsp3) is 0.292. The lowest BCUT2D eigenvalue weighted by molar-refractivity contribution is -0.131. The molecule has 0 spiro atoms. The molecular formula is C24H25ClN2O2. The molecule has 0 N–H and O–H groups in total. The van der Waals surface area contributed by atoms with Crippen molar-refractivity contribution in [3.8, 4) is 5.75 Å². The van der Waals surface area contributed by atoms with E-state index in [4.69, 9.17) is 16.3 Å². The van der Waals surface area contributed by atoms with Crippen LogP contribution in [0.4, 0.5) is 5.69 Å². The summed E-state index contributed by atoms with van der Waals surface area (Å²) in [5.41, 5.74) is 1.12. The summed E-state index contributed by atoms with van der Waals surface area (Å²) in [5.74, 6) is 1.09. The maximum absolute atomic E-state index is 12.5. The van der Waals surface area contributed by atoms with Gasteiger partial charge in [-0.2, -0.15) is 0 Å². The van der Waals surface area contributed by atoms with Crippen LogP contribution < -0.4 is 9.64 Å². The van der Waals surface area contributed by atoms with Gasteiger partial charge < -0.3 is 14.5 Å². The third kappa shape index (κ3) is 4.83. The summed E-state index contributed by atoms with van der Waals surface area (Å²) in [7, 11) is 0. The van der Waals surface area contributed by atoms with Gasteiger partial charge in [0.1, 0.15) is 5.75 Å². The second kappa shape index (κ2) is 9.19. The van der Waals surface area contributed by atoms with Crippen LogP contribution in [0.25, 0.3) is 10.8 Å². The number of nitrogens with zero attached hydrogens (tertiary/aromatic N) is 2. The summed E-state index contributed by atoms with van der Waals surface area (Å²) >= 11 is 6.09. The number of carbonyl (C=O) groups is 1. The molecule has 4 nitrogen and oxygen atoms in total. The van der Waals surface area contributed by atoms with E-state index in [1.54, 1.807) is 0 Å². The summed E-state index contributed by atoms with van der Waals surface area (Å²) in [5, 5.41) is 3.02. The number of rotatable bonds is 6. The number of amides is 1. The first-order valence-electron chi connectivity index (χ1n) is 10.1. The monoisotopic (exact) mass is 408 g/mol. The molecular weight excluding hydrogens is 384 g/mol. The predicted octanol–water partition coefficient (Wildman–Crippen LogP) is 5.00. The minimum atomic E-state index is 0.206. The van der Waals surface area contributed by atoms with Crippen molar-refractivity contribution in [3.05, 3.63) is 71.8 Å². The molecule has 0 bridgehead atoms. The van der Waals surface area contributed by atoms with Gasteiger partial charge in [-0.05, 0) is 36.1 Å².